The van der Waals surface area contributed by atoms with Crippen LogP contribution in [0.1, 0.15) is 65.4 Å². The third kappa shape index (κ3) is 4.62. The quantitative estimate of drug-likeness (QED) is 0.801. The molecule has 3 rings (SSSR count). The van der Waals surface area contributed by atoms with Crippen molar-refractivity contribution < 1.29 is 9.59 Å². The first-order valence-corrected chi connectivity index (χ1v) is 10.3. The first-order chi connectivity index (χ1) is 12.8. The van der Waals surface area contributed by atoms with Crippen molar-refractivity contribution in [1.29, 1.82) is 0 Å². The van der Waals surface area contributed by atoms with Gasteiger partial charge in [0.25, 0.3) is 5.91 Å². The largest absolute Gasteiger partial charge is 0.300 e. The van der Waals surface area contributed by atoms with E-state index in [0.717, 1.165) is 31.7 Å². The van der Waals surface area contributed by atoms with Crippen LogP contribution in [0.25, 0.3) is 0 Å². The monoisotopic (exact) mass is 385 g/mol. The van der Waals surface area contributed by atoms with Crippen LogP contribution in [-0.4, -0.2) is 34.7 Å². The van der Waals surface area contributed by atoms with Crippen LogP contribution in [0.4, 0.5) is 5.13 Å². The second-order valence-electron chi connectivity index (χ2n) is 7.85. The maximum atomic E-state index is 12.5. The van der Waals surface area contributed by atoms with Crippen LogP contribution >= 0.6 is 11.3 Å². The van der Waals surface area contributed by atoms with Crippen LogP contribution in [0, 0.1) is 5.41 Å². The van der Waals surface area contributed by atoms with Gasteiger partial charge >= 0.3 is 0 Å². The summed E-state index contributed by atoms with van der Waals surface area (Å²) in [5.74, 6) is -0.0674. The molecule has 0 fully saturated rings. The third-order valence-electron chi connectivity index (χ3n) is 4.97. The number of rotatable bonds is 6. The Kier molecular flexibility index (Phi) is 5.77. The molecular formula is C21H27N3O2S. The number of amides is 1. The van der Waals surface area contributed by atoms with Crippen LogP contribution in [0.15, 0.2) is 24.3 Å². The molecule has 1 aliphatic rings. The second-order valence-corrected chi connectivity index (χ2v) is 8.85. The van der Waals surface area contributed by atoms with E-state index in [-0.39, 0.29) is 17.1 Å². The summed E-state index contributed by atoms with van der Waals surface area (Å²) in [5, 5.41) is 3.35. The van der Waals surface area contributed by atoms with E-state index in [1.165, 1.54) is 16.9 Å². The van der Waals surface area contributed by atoms with Crippen LogP contribution in [0.3, 0.4) is 0 Å². The van der Waals surface area contributed by atoms with Gasteiger partial charge < -0.3 is 0 Å². The van der Waals surface area contributed by atoms with Gasteiger partial charge in [0.2, 0.25) is 0 Å². The smallest absolute Gasteiger partial charge is 0.257 e. The molecule has 5 nitrogen and oxygen atoms in total. The van der Waals surface area contributed by atoms with Crippen molar-refractivity contribution in [2.24, 2.45) is 5.41 Å². The number of carbonyl (C=O) groups is 2. The van der Waals surface area contributed by atoms with Gasteiger partial charge in [0.1, 0.15) is 0 Å². The molecule has 144 valence electrons. The van der Waals surface area contributed by atoms with Crippen molar-refractivity contribution in [3.8, 4) is 0 Å². The van der Waals surface area contributed by atoms with Crippen molar-refractivity contribution >= 4 is 28.2 Å². The van der Waals surface area contributed by atoms with E-state index in [1.807, 2.05) is 24.3 Å². The summed E-state index contributed by atoms with van der Waals surface area (Å²) in [6, 6.07) is 7.67. The normalized spacial score (nSPS) is 15.7. The Labute approximate surface area is 164 Å². The number of anilines is 1. The predicted molar refractivity (Wildman–Crippen MR) is 110 cm³/mol. The van der Waals surface area contributed by atoms with E-state index in [1.54, 1.807) is 0 Å². The minimum absolute atomic E-state index is 0.0693. The predicted octanol–water partition coefficient (Wildman–Crippen LogP) is 4.39. The minimum Gasteiger partial charge on any atom is -0.300 e. The highest BCUT2D eigenvalue weighted by molar-refractivity contribution is 7.17. The summed E-state index contributed by atoms with van der Waals surface area (Å²) in [7, 11) is 0. The van der Waals surface area contributed by atoms with Crippen molar-refractivity contribution in [1.82, 2.24) is 9.88 Å². The van der Waals surface area contributed by atoms with Gasteiger partial charge in [-0.2, -0.15) is 0 Å². The highest BCUT2D eigenvalue weighted by Crippen LogP contribution is 2.38. The van der Waals surface area contributed by atoms with E-state index in [4.69, 9.17) is 0 Å². The Hall–Kier alpha value is -2.05. The zero-order valence-electron chi connectivity index (χ0n) is 16.5. The number of benzene rings is 1. The number of fused-ring (bicyclic) bond motifs is 1. The fraction of sp³-hybridized carbons (Fsp3) is 0.476. The number of nitrogens with one attached hydrogen (secondary N) is 1. The van der Waals surface area contributed by atoms with Gasteiger partial charge in [0.15, 0.2) is 10.9 Å². The van der Waals surface area contributed by atoms with Gasteiger partial charge in [-0.1, -0.05) is 51.2 Å². The van der Waals surface area contributed by atoms with Gasteiger partial charge in [0.05, 0.1) is 10.6 Å². The molecule has 27 heavy (non-hydrogen) atoms. The Morgan fingerprint density at radius 3 is 2.48 bits per heavy atom. The SMILES string of the molecule is CCN(CC)Cc1ccc(C(=O)Nc2nc3c(s2)C(=O)CC(C)(C)C3)cc1. The number of hydrogen-bond acceptors (Lipinski definition) is 5. The molecule has 1 aromatic heterocycles. The maximum Gasteiger partial charge on any atom is 0.257 e. The number of Topliss-reactive ketones (excluding diaryl/α,β-unsaturated/α-hetero) is 1. The number of hydrogen-bond donors (Lipinski definition) is 1. The fourth-order valence-corrected chi connectivity index (χ4v) is 4.32. The molecule has 6 heteroatoms. The van der Waals surface area contributed by atoms with Gasteiger partial charge in [0, 0.05) is 18.5 Å². The Morgan fingerprint density at radius 1 is 1.19 bits per heavy atom. The van der Waals surface area contributed by atoms with Crippen LogP contribution in [0.2, 0.25) is 0 Å². The first-order valence-electron chi connectivity index (χ1n) is 9.47. The molecule has 0 spiro atoms. The lowest BCUT2D eigenvalue weighted by Crippen LogP contribution is -2.26. The van der Waals surface area contributed by atoms with Gasteiger partial charge in [-0.15, -0.1) is 0 Å². The number of thiazole rings is 1. The van der Waals surface area contributed by atoms with Crippen molar-refractivity contribution in [3.05, 3.63) is 46.0 Å². The molecule has 1 N–H and O–H groups in total. The van der Waals surface area contributed by atoms with E-state index < -0.39 is 0 Å². The lowest BCUT2D eigenvalue weighted by molar-refractivity contribution is 0.0915. The number of nitrogens with zero attached hydrogens (tertiary/aromatic N) is 2. The molecule has 1 aliphatic carbocycles. The Bertz CT molecular complexity index is 836. The molecular weight excluding hydrogens is 358 g/mol. The highest BCUT2D eigenvalue weighted by atomic mass is 32.1. The van der Waals surface area contributed by atoms with Crippen LogP contribution in [0.5, 0.6) is 0 Å². The van der Waals surface area contributed by atoms with Crippen molar-refractivity contribution in [3.63, 3.8) is 0 Å². The Balaban J connectivity index is 1.69. The lowest BCUT2D eigenvalue weighted by Gasteiger charge is -2.26. The second kappa shape index (κ2) is 7.90. The molecule has 0 bridgehead atoms. The molecule has 0 aliphatic heterocycles. The van der Waals surface area contributed by atoms with Crippen LogP contribution < -0.4 is 5.32 Å². The standard InChI is InChI=1S/C21H27N3O2S/c1-5-24(6-2)13-14-7-9-15(10-8-14)19(26)23-20-22-16-11-21(3,4)12-17(25)18(16)27-20/h7-10H,5-6,11-13H2,1-4H3,(H,22,23,26). The zero-order valence-corrected chi connectivity index (χ0v) is 17.3. The zero-order chi connectivity index (χ0) is 19.6. The third-order valence-corrected chi connectivity index (χ3v) is 6.03. The summed E-state index contributed by atoms with van der Waals surface area (Å²) in [6.45, 7) is 11.3. The van der Waals surface area contributed by atoms with Gasteiger partial charge in [-0.05, 0) is 42.6 Å². The fourth-order valence-electron chi connectivity index (χ4n) is 3.41. The van der Waals surface area contributed by atoms with Crippen molar-refractivity contribution in [2.75, 3.05) is 18.4 Å². The summed E-state index contributed by atoms with van der Waals surface area (Å²) in [6.07, 6.45) is 1.30. The summed E-state index contributed by atoms with van der Waals surface area (Å²) in [5.41, 5.74) is 2.53. The molecule has 1 heterocycles. The molecule has 1 aromatic carbocycles. The van der Waals surface area contributed by atoms with Gasteiger partial charge in [-0.3, -0.25) is 19.8 Å². The average molecular weight is 386 g/mol. The van der Waals surface area contributed by atoms with Gasteiger partial charge in [-0.25, -0.2) is 4.98 Å². The summed E-state index contributed by atoms with van der Waals surface area (Å²) < 4.78 is 0. The lowest BCUT2D eigenvalue weighted by atomic mass is 9.78. The number of aromatic nitrogens is 1. The molecule has 0 atom stereocenters. The van der Waals surface area contributed by atoms with E-state index in [2.05, 4.69) is 42.9 Å². The molecule has 0 saturated carbocycles. The number of ketones is 1. The van der Waals surface area contributed by atoms with E-state index in [0.29, 0.717) is 22.0 Å². The van der Waals surface area contributed by atoms with Crippen LogP contribution in [-0.2, 0) is 13.0 Å². The first kappa shape index (κ1) is 19.7. The molecule has 0 radical (unpaired) electrons. The summed E-state index contributed by atoms with van der Waals surface area (Å²) in [4.78, 5) is 32.4. The summed E-state index contributed by atoms with van der Waals surface area (Å²) >= 11 is 1.29. The molecule has 1 amide bonds. The molecule has 0 saturated heterocycles. The van der Waals surface area contributed by atoms with E-state index in [9.17, 15) is 9.59 Å². The minimum atomic E-state index is -0.192. The molecule has 2 aromatic rings. The Morgan fingerprint density at radius 2 is 1.85 bits per heavy atom. The topological polar surface area (TPSA) is 62.3 Å². The highest BCUT2D eigenvalue weighted by Gasteiger charge is 2.34. The molecule has 0 unspecified atom stereocenters. The average Bonchev–Trinajstić information content (AvgIpc) is 3.01. The van der Waals surface area contributed by atoms with E-state index >= 15 is 0 Å². The maximum absolute atomic E-state index is 12.5. The van der Waals surface area contributed by atoms with Crippen molar-refractivity contribution in [2.45, 2.75) is 47.1 Å². The number of carbonyl (C=O) groups excluding carboxylic acids is 2.